The van der Waals surface area contributed by atoms with Crippen molar-refractivity contribution in [3.05, 3.63) is 39.9 Å². The zero-order valence-corrected chi connectivity index (χ0v) is 15.8. The number of amides is 2. The molecule has 9 heteroatoms. The third kappa shape index (κ3) is 5.40. The van der Waals surface area contributed by atoms with Gasteiger partial charge in [0.2, 0.25) is 0 Å². The summed E-state index contributed by atoms with van der Waals surface area (Å²) in [7, 11) is 0. The lowest BCUT2D eigenvalue weighted by Gasteiger charge is -2.42. The van der Waals surface area contributed by atoms with Crippen molar-refractivity contribution in [2.45, 2.75) is 51.2 Å². The first-order chi connectivity index (χ1) is 12.6. The molecule has 0 spiro atoms. The van der Waals surface area contributed by atoms with Crippen LogP contribution in [0, 0.1) is 10.1 Å². The molecule has 1 saturated carbocycles. The first kappa shape index (κ1) is 20.6. The van der Waals surface area contributed by atoms with Gasteiger partial charge in [-0.05, 0) is 50.9 Å². The van der Waals surface area contributed by atoms with Crippen molar-refractivity contribution >= 4 is 17.7 Å². The van der Waals surface area contributed by atoms with Crippen LogP contribution in [-0.2, 0) is 10.3 Å². The van der Waals surface area contributed by atoms with E-state index in [1.54, 1.807) is 12.1 Å². The quantitative estimate of drug-likeness (QED) is 0.470. The van der Waals surface area contributed by atoms with Gasteiger partial charge in [-0.3, -0.25) is 19.8 Å². The SMILES string of the molecule is CCN(CC(=O)O)C1CC(NC(=O)NC(C)(C)c2ccc([N+](=O)[O-])cc2)C1. The number of rotatable bonds is 8. The van der Waals surface area contributed by atoms with Crippen LogP contribution in [0.4, 0.5) is 10.5 Å². The van der Waals surface area contributed by atoms with Gasteiger partial charge in [0.1, 0.15) is 0 Å². The normalized spacial score (nSPS) is 19.3. The molecule has 0 aliphatic heterocycles. The van der Waals surface area contributed by atoms with E-state index in [1.807, 2.05) is 25.7 Å². The van der Waals surface area contributed by atoms with Crippen LogP contribution < -0.4 is 10.6 Å². The number of nitro benzene ring substituents is 1. The van der Waals surface area contributed by atoms with Gasteiger partial charge in [0.15, 0.2) is 0 Å². The molecule has 2 rings (SSSR count). The molecule has 0 unspecified atom stereocenters. The van der Waals surface area contributed by atoms with Crippen LogP contribution in [0.2, 0.25) is 0 Å². The molecule has 0 aromatic heterocycles. The number of carbonyl (C=O) groups is 2. The Hall–Kier alpha value is -2.68. The van der Waals surface area contributed by atoms with Gasteiger partial charge < -0.3 is 15.7 Å². The minimum absolute atomic E-state index is 0.00125. The predicted octanol–water partition coefficient (Wildman–Crippen LogP) is 2.07. The third-order valence-corrected chi connectivity index (χ3v) is 4.94. The number of aliphatic carboxylic acids is 1. The van der Waals surface area contributed by atoms with E-state index in [4.69, 9.17) is 5.11 Å². The maximum absolute atomic E-state index is 12.3. The Balaban J connectivity index is 1.85. The molecule has 1 aliphatic carbocycles. The van der Waals surface area contributed by atoms with Crippen LogP contribution in [0.1, 0.15) is 39.2 Å². The van der Waals surface area contributed by atoms with E-state index in [9.17, 15) is 19.7 Å². The van der Waals surface area contributed by atoms with Gasteiger partial charge in [0.05, 0.1) is 17.0 Å². The predicted molar refractivity (Wildman–Crippen MR) is 99.5 cm³/mol. The van der Waals surface area contributed by atoms with Crippen molar-refractivity contribution < 1.29 is 19.6 Å². The lowest BCUT2D eigenvalue weighted by Crippen LogP contribution is -2.57. The highest BCUT2D eigenvalue weighted by Crippen LogP contribution is 2.26. The summed E-state index contributed by atoms with van der Waals surface area (Å²) in [6.45, 7) is 6.23. The maximum Gasteiger partial charge on any atom is 0.317 e. The summed E-state index contributed by atoms with van der Waals surface area (Å²) >= 11 is 0. The number of carboxylic acid groups (broad SMARTS) is 1. The first-order valence-corrected chi connectivity index (χ1v) is 8.91. The van der Waals surface area contributed by atoms with E-state index in [0.717, 1.165) is 5.56 Å². The van der Waals surface area contributed by atoms with Gasteiger partial charge in [-0.15, -0.1) is 0 Å². The highest BCUT2D eigenvalue weighted by molar-refractivity contribution is 5.75. The van der Waals surface area contributed by atoms with E-state index >= 15 is 0 Å². The molecule has 0 atom stereocenters. The van der Waals surface area contributed by atoms with Gasteiger partial charge in [0.25, 0.3) is 5.69 Å². The lowest BCUT2D eigenvalue weighted by molar-refractivity contribution is -0.384. The van der Waals surface area contributed by atoms with Crippen molar-refractivity contribution in [3.8, 4) is 0 Å². The Morgan fingerprint density at radius 1 is 1.30 bits per heavy atom. The molecule has 1 aromatic rings. The molecule has 1 fully saturated rings. The molecule has 0 heterocycles. The van der Waals surface area contributed by atoms with E-state index in [0.29, 0.717) is 19.4 Å². The largest absolute Gasteiger partial charge is 0.480 e. The zero-order valence-electron chi connectivity index (χ0n) is 15.8. The molecular formula is C18H26N4O5. The Labute approximate surface area is 157 Å². The highest BCUT2D eigenvalue weighted by Gasteiger charge is 2.35. The number of carboxylic acids is 1. The fraction of sp³-hybridized carbons (Fsp3) is 0.556. The molecule has 9 nitrogen and oxygen atoms in total. The van der Waals surface area contributed by atoms with Crippen LogP contribution in [0.25, 0.3) is 0 Å². The molecule has 148 valence electrons. The average molecular weight is 378 g/mol. The van der Waals surface area contributed by atoms with Crippen LogP contribution in [0.15, 0.2) is 24.3 Å². The number of nitrogens with one attached hydrogen (secondary N) is 2. The average Bonchev–Trinajstić information content (AvgIpc) is 2.55. The van der Waals surface area contributed by atoms with Gasteiger partial charge in [0, 0.05) is 24.2 Å². The number of benzene rings is 1. The minimum Gasteiger partial charge on any atom is -0.480 e. The fourth-order valence-corrected chi connectivity index (χ4v) is 3.25. The summed E-state index contributed by atoms with van der Waals surface area (Å²) in [6, 6.07) is 5.93. The van der Waals surface area contributed by atoms with Crippen molar-refractivity contribution in [2.75, 3.05) is 13.1 Å². The van der Waals surface area contributed by atoms with Gasteiger partial charge in [-0.1, -0.05) is 6.92 Å². The number of hydrogen-bond acceptors (Lipinski definition) is 5. The summed E-state index contributed by atoms with van der Waals surface area (Å²) in [4.78, 5) is 35.3. The summed E-state index contributed by atoms with van der Waals surface area (Å²) in [5.41, 5.74) is 0.0657. The van der Waals surface area contributed by atoms with E-state index < -0.39 is 16.4 Å². The summed E-state index contributed by atoms with van der Waals surface area (Å²) in [6.07, 6.45) is 1.43. The number of likely N-dealkylation sites (N-methyl/N-ethyl adjacent to an activating group) is 1. The van der Waals surface area contributed by atoms with Crippen LogP contribution >= 0.6 is 0 Å². The number of urea groups is 1. The summed E-state index contributed by atoms with van der Waals surface area (Å²) < 4.78 is 0. The molecule has 1 aromatic carbocycles. The Morgan fingerprint density at radius 3 is 2.37 bits per heavy atom. The molecule has 2 amide bonds. The zero-order chi connectivity index (χ0) is 20.2. The Bertz CT molecular complexity index is 698. The topological polar surface area (TPSA) is 125 Å². The second-order valence-electron chi connectivity index (χ2n) is 7.31. The molecule has 27 heavy (non-hydrogen) atoms. The second-order valence-corrected chi connectivity index (χ2v) is 7.31. The minimum atomic E-state index is -0.851. The molecule has 3 N–H and O–H groups in total. The lowest BCUT2D eigenvalue weighted by atomic mass is 9.85. The third-order valence-electron chi connectivity index (χ3n) is 4.94. The molecular weight excluding hydrogens is 352 g/mol. The molecule has 1 aliphatic rings. The van der Waals surface area contributed by atoms with Crippen LogP contribution in [0.3, 0.4) is 0 Å². The highest BCUT2D eigenvalue weighted by atomic mass is 16.6. The van der Waals surface area contributed by atoms with E-state index in [1.165, 1.54) is 12.1 Å². The Morgan fingerprint density at radius 2 is 1.89 bits per heavy atom. The number of hydrogen-bond donors (Lipinski definition) is 3. The molecule has 0 bridgehead atoms. The maximum atomic E-state index is 12.3. The number of non-ortho nitro benzene ring substituents is 1. The standard InChI is InChI=1S/C18H26N4O5/c1-4-21(11-16(23)24)15-9-13(10-15)19-17(25)20-18(2,3)12-5-7-14(8-6-12)22(26)27/h5-8,13,15H,4,9-11H2,1-3H3,(H,23,24)(H2,19,20,25). The monoisotopic (exact) mass is 378 g/mol. The number of nitro groups is 1. The summed E-state index contributed by atoms with van der Waals surface area (Å²) in [5, 5.41) is 25.4. The first-order valence-electron chi connectivity index (χ1n) is 8.91. The van der Waals surface area contributed by atoms with Crippen molar-refractivity contribution in [2.24, 2.45) is 0 Å². The number of nitrogens with zero attached hydrogens (tertiary/aromatic N) is 2. The van der Waals surface area contributed by atoms with Crippen molar-refractivity contribution in [3.63, 3.8) is 0 Å². The fourth-order valence-electron chi connectivity index (χ4n) is 3.25. The summed E-state index contributed by atoms with van der Waals surface area (Å²) in [5.74, 6) is -0.851. The number of carbonyl (C=O) groups excluding carboxylic acids is 1. The second kappa shape index (κ2) is 8.34. The van der Waals surface area contributed by atoms with E-state index in [-0.39, 0.29) is 30.3 Å². The van der Waals surface area contributed by atoms with E-state index in [2.05, 4.69) is 10.6 Å². The van der Waals surface area contributed by atoms with Crippen molar-refractivity contribution in [1.82, 2.24) is 15.5 Å². The molecule has 0 saturated heterocycles. The van der Waals surface area contributed by atoms with Crippen LogP contribution in [-0.4, -0.2) is 52.1 Å². The van der Waals surface area contributed by atoms with Gasteiger partial charge >= 0.3 is 12.0 Å². The van der Waals surface area contributed by atoms with Crippen LogP contribution in [0.5, 0.6) is 0 Å². The van der Waals surface area contributed by atoms with Crippen molar-refractivity contribution in [1.29, 1.82) is 0 Å². The van der Waals surface area contributed by atoms with Gasteiger partial charge in [-0.2, -0.15) is 0 Å². The molecule has 0 radical (unpaired) electrons. The smallest absolute Gasteiger partial charge is 0.317 e. The Kier molecular flexibility index (Phi) is 6.37. The van der Waals surface area contributed by atoms with Gasteiger partial charge in [-0.25, -0.2) is 4.79 Å².